The van der Waals surface area contributed by atoms with Gasteiger partial charge in [-0.3, -0.25) is 0 Å². The molecular formula is C33H28F6N2O4. The summed E-state index contributed by atoms with van der Waals surface area (Å²) in [6, 6.07) is 9.88. The number of aromatic carboxylic acids is 1. The zero-order valence-corrected chi connectivity index (χ0v) is 23.8. The predicted octanol–water partition coefficient (Wildman–Crippen LogP) is 9.40. The third-order valence-corrected chi connectivity index (χ3v) is 8.41. The molecule has 0 saturated heterocycles. The lowest BCUT2D eigenvalue weighted by Gasteiger charge is -2.26. The second-order valence-corrected chi connectivity index (χ2v) is 11.6. The SMILES string of the molecule is O=C(O)c1cc(C(F)(F)F)c2cc(OCC3CCC(/C=C/c4c(-c5ccccc5C(F)(F)F)noc4C4CC4)CC3)ccc2n1. The van der Waals surface area contributed by atoms with Crippen LogP contribution in [0.2, 0.25) is 0 Å². The molecular weight excluding hydrogens is 602 g/mol. The monoisotopic (exact) mass is 630 g/mol. The van der Waals surface area contributed by atoms with Crippen LogP contribution in [-0.4, -0.2) is 27.8 Å². The molecule has 0 atom stereocenters. The maximum atomic E-state index is 13.7. The van der Waals surface area contributed by atoms with Crippen LogP contribution in [0.25, 0.3) is 28.2 Å². The molecule has 0 radical (unpaired) electrons. The molecule has 236 valence electrons. The van der Waals surface area contributed by atoms with Crippen molar-refractivity contribution in [2.45, 2.75) is 56.8 Å². The van der Waals surface area contributed by atoms with Crippen molar-refractivity contribution in [3.63, 3.8) is 0 Å². The number of ether oxygens (including phenoxy) is 1. The number of carboxylic acid groups (broad SMARTS) is 1. The number of aromatic nitrogens is 2. The Hall–Kier alpha value is -4.35. The maximum Gasteiger partial charge on any atom is 0.417 e. The van der Waals surface area contributed by atoms with Crippen molar-refractivity contribution in [2.24, 2.45) is 11.8 Å². The molecule has 0 unspecified atom stereocenters. The smallest absolute Gasteiger partial charge is 0.417 e. The highest BCUT2D eigenvalue weighted by atomic mass is 19.4. The fourth-order valence-corrected chi connectivity index (χ4v) is 5.87. The first kappa shape index (κ1) is 30.7. The lowest BCUT2D eigenvalue weighted by atomic mass is 9.82. The van der Waals surface area contributed by atoms with Crippen LogP contribution in [0.4, 0.5) is 26.3 Å². The van der Waals surface area contributed by atoms with Crippen molar-refractivity contribution in [1.29, 1.82) is 0 Å². The lowest BCUT2D eigenvalue weighted by molar-refractivity contribution is -0.137. The maximum absolute atomic E-state index is 13.7. The molecule has 2 aliphatic rings. The number of carboxylic acids is 1. The van der Waals surface area contributed by atoms with Gasteiger partial charge in [-0.25, -0.2) is 9.78 Å². The van der Waals surface area contributed by atoms with Gasteiger partial charge in [0.15, 0.2) is 0 Å². The molecule has 12 heteroatoms. The molecule has 2 aromatic heterocycles. The Kier molecular flexibility index (Phi) is 8.09. The van der Waals surface area contributed by atoms with Crippen molar-refractivity contribution in [1.82, 2.24) is 10.1 Å². The molecule has 2 aromatic carbocycles. The van der Waals surface area contributed by atoms with Gasteiger partial charge in [-0.1, -0.05) is 35.5 Å². The van der Waals surface area contributed by atoms with E-state index in [9.17, 15) is 31.1 Å². The predicted molar refractivity (Wildman–Crippen MR) is 153 cm³/mol. The first-order chi connectivity index (χ1) is 21.4. The van der Waals surface area contributed by atoms with Crippen molar-refractivity contribution in [2.75, 3.05) is 6.61 Å². The fraction of sp³-hybridized carbons (Fsp3) is 0.364. The number of allylic oxidation sites excluding steroid dienone is 1. The topological polar surface area (TPSA) is 85.5 Å². The van der Waals surface area contributed by atoms with Crippen molar-refractivity contribution >= 4 is 22.9 Å². The Labute approximate surface area is 253 Å². The van der Waals surface area contributed by atoms with Crippen LogP contribution in [0.5, 0.6) is 5.75 Å². The molecule has 2 aliphatic carbocycles. The summed E-state index contributed by atoms with van der Waals surface area (Å²) in [5, 5.41) is 13.0. The van der Waals surface area contributed by atoms with Crippen LogP contribution in [0, 0.1) is 11.8 Å². The van der Waals surface area contributed by atoms with Gasteiger partial charge in [0, 0.05) is 22.4 Å². The molecule has 1 N–H and O–H groups in total. The number of halogens is 6. The minimum absolute atomic E-state index is 0.0182. The van der Waals surface area contributed by atoms with E-state index in [0.717, 1.165) is 44.6 Å². The minimum Gasteiger partial charge on any atom is -0.493 e. The van der Waals surface area contributed by atoms with E-state index in [1.165, 1.54) is 30.3 Å². The van der Waals surface area contributed by atoms with Crippen molar-refractivity contribution in [3.8, 4) is 17.0 Å². The number of benzene rings is 2. The lowest BCUT2D eigenvalue weighted by Crippen LogP contribution is -2.19. The first-order valence-corrected chi connectivity index (χ1v) is 14.6. The van der Waals surface area contributed by atoms with Crippen molar-refractivity contribution < 1.29 is 45.5 Å². The van der Waals surface area contributed by atoms with E-state index in [2.05, 4.69) is 10.1 Å². The highest BCUT2D eigenvalue weighted by Crippen LogP contribution is 2.46. The van der Waals surface area contributed by atoms with Gasteiger partial charge >= 0.3 is 18.3 Å². The summed E-state index contributed by atoms with van der Waals surface area (Å²) in [4.78, 5) is 15.1. The van der Waals surface area contributed by atoms with Gasteiger partial charge in [0.2, 0.25) is 0 Å². The molecule has 2 saturated carbocycles. The second-order valence-electron chi connectivity index (χ2n) is 11.6. The summed E-state index contributed by atoms with van der Waals surface area (Å²) in [6.45, 7) is 0.291. The number of rotatable bonds is 8. The van der Waals surface area contributed by atoms with E-state index in [-0.39, 0.29) is 45.7 Å². The van der Waals surface area contributed by atoms with E-state index in [1.807, 2.05) is 12.2 Å². The largest absolute Gasteiger partial charge is 0.493 e. The van der Waals surface area contributed by atoms with Crippen LogP contribution in [0.1, 0.15) is 77.4 Å². The summed E-state index contributed by atoms with van der Waals surface area (Å²) in [5.41, 5.74) is -1.89. The van der Waals surface area contributed by atoms with Gasteiger partial charge in [0.1, 0.15) is 22.9 Å². The number of carbonyl (C=O) groups is 1. The van der Waals surface area contributed by atoms with E-state index in [0.29, 0.717) is 24.0 Å². The highest BCUT2D eigenvalue weighted by Gasteiger charge is 2.37. The number of hydrogen-bond donors (Lipinski definition) is 1. The Balaban J connectivity index is 1.12. The first-order valence-electron chi connectivity index (χ1n) is 14.6. The van der Waals surface area contributed by atoms with E-state index in [1.54, 1.807) is 6.07 Å². The van der Waals surface area contributed by atoms with Gasteiger partial charge in [-0.15, -0.1) is 0 Å². The zero-order valence-electron chi connectivity index (χ0n) is 23.8. The Bertz CT molecular complexity index is 1750. The summed E-state index contributed by atoms with van der Waals surface area (Å²) in [6.07, 6.45) is -0.463. The summed E-state index contributed by atoms with van der Waals surface area (Å²) >= 11 is 0. The van der Waals surface area contributed by atoms with Crippen LogP contribution in [-0.2, 0) is 12.4 Å². The zero-order chi connectivity index (χ0) is 31.9. The van der Waals surface area contributed by atoms with Gasteiger partial charge in [0.05, 0.1) is 23.3 Å². The highest BCUT2D eigenvalue weighted by molar-refractivity contribution is 5.92. The van der Waals surface area contributed by atoms with Crippen molar-refractivity contribution in [3.05, 3.63) is 82.8 Å². The number of pyridine rings is 1. The molecule has 0 bridgehead atoms. The van der Waals surface area contributed by atoms with E-state index in [4.69, 9.17) is 14.4 Å². The molecule has 6 rings (SSSR count). The normalized spacial score (nSPS) is 19.3. The van der Waals surface area contributed by atoms with E-state index < -0.39 is 35.1 Å². The molecule has 6 nitrogen and oxygen atoms in total. The third kappa shape index (κ3) is 6.69. The van der Waals surface area contributed by atoms with Crippen LogP contribution in [0.15, 0.2) is 59.1 Å². The standard InChI is InChI=1S/C33H28F6N2O4/c34-32(35,36)25-4-2-1-3-22(25)29-23(30(45-41-29)20-10-11-20)13-9-18-5-7-19(8-6-18)17-44-21-12-14-27-24(15-21)26(33(37,38)39)16-28(40-27)31(42)43/h1-4,9,12-16,18-20H,5-8,10-11,17H2,(H,42,43)/b13-9+. The van der Waals surface area contributed by atoms with Gasteiger partial charge in [-0.05, 0) is 80.7 Å². The van der Waals surface area contributed by atoms with Gasteiger partial charge in [-0.2, -0.15) is 26.3 Å². The molecule has 4 aromatic rings. The molecule has 2 heterocycles. The average molecular weight is 631 g/mol. The van der Waals surface area contributed by atoms with Crippen LogP contribution >= 0.6 is 0 Å². The Morgan fingerprint density at radius 1 is 0.933 bits per heavy atom. The molecule has 2 fully saturated rings. The van der Waals surface area contributed by atoms with E-state index >= 15 is 0 Å². The second kappa shape index (κ2) is 11.9. The molecule has 0 spiro atoms. The molecule has 45 heavy (non-hydrogen) atoms. The minimum atomic E-state index is -4.77. The summed E-state index contributed by atoms with van der Waals surface area (Å²) in [7, 11) is 0. The Morgan fingerprint density at radius 3 is 2.31 bits per heavy atom. The summed E-state index contributed by atoms with van der Waals surface area (Å²) < 4.78 is 93.7. The Morgan fingerprint density at radius 2 is 1.64 bits per heavy atom. The third-order valence-electron chi connectivity index (χ3n) is 8.41. The number of hydrogen-bond acceptors (Lipinski definition) is 5. The number of nitrogens with zero attached hydrogens (tertiary/aromatic N) is 2. The average Bonchev–Trinajstić information content (AvgIpc) is 3.76. The molecule has 0 amide bonds. The fourth-order valence-electron chi connectivity index (χ4n) is 5.87. The van der Waals surface area contributed by atoms with Gasteiger partial charge in [0.25, 0.3) is 0 Å². The quantitative estimate of drug-likeness (QED) is 0.195. The van der Waals surface area contributed by atoms with Crippen LogP contribution < -0.4 is 4.74 Å². The molecule has 0 aliphatic heterocycles. The number of alkyl halides is 6. The van der Waals surface area contributed by atoms with Gasteiger partial charge < -0.3 is 14.4 Å². The number of fused-ring (bicyclic) bond motifs is 1. The van der Waals surface area contributed by atoms with Crippen LogP contribution in [0.3, 0.4) is 0 Å². The summed E-state index contributed by atoms with van der Waals surface area (Å²) in [5.74, 6) is -0.227.